The SMILES string of the molecule is CC(C)(C)C1CCN(CCN(C(=O)Nc2ccc(Cl)c(C(F)(F)F)c2)c2ccc(-c3cccc(C#N)c3)cc2)C1. The van der Waals surface area contributed by atoms with Crippen molar-refractivity contribution in [1.82, 2.24) is 4.90 Å². The molecule has 0 aromatic heterocycles. The number of carbonyl (C=O) groups is 1. The fourth-order valence-electron chi connectivity index (χ4n) is 4.95. The summed E-state index contributed by atoms with van der Waals surface area (Å²) in [6, 6.07) is 19.5. The van der Waals surface area contributed by atoms with Crippen LogP contribution in [0.25, 0.3) is 11.1 Å². The van der Waals surface area contributed by atoms with Gasteiger partial charge in [0.2, 0.25) is 0 Å². The van der Waals surface area contributed by atoms with E-state index < -0.39 is 22.8 Å². The number of rotatable bonds is 6. The normalized spacial score (nSPS) is 16.0. The molecular formula is C31H32ClF3N4O. The highest BCUT2D eigenvalue weighted by Crippen LogP contribution is 2.37. The molecule has 1 N–H and O–H groups in total. The molecule has 1 heterocycles. The average Bonchev–Trinajstić information content (AvgIpc) is 3.39. The van der Waals surface area contributed by atoms with Crippen LogP contribution in [-0.2, 0) is 6.18 Å². The average molecular weight is 569 g/mol. The Kier molecular flexibility index (Phi) is 8.77. The van der Waals surface area contributed by atoms with Crippen LogP contribution in [0.2, 0.25) is 5.02 Å². The van der Waals surface area contributed by atoms with Gasteiger partial charge in [-0.25, -0.2) is 4.79 Å². The number of likely N-dealkylation sites (tertiary alicyclic amines) is 1. The van der Waals surface area contributed by atoms with E-state index in [0.717, 1.165) is 42.8 Å². The van der Waals surface area contributed by atoms with Crippen LogP contribution in [0, 0.1) is 22.7 Å². The van der Waals surface area contributed by atoms with Gasteiger partial charge in [0.1, 0.15) is 0 Å². The lowest BCUT2D eigenvalue weighted by molar-refractivity contribution is -0.137. The molecule has 0 aliphatic carbocycles. The molecule has 210 valence electrons. The number of alkyl halides is 3. The summed E-state index contributed by atoms with van der Waals surface area (Å²) < 4.78 is 40.2. The standard InChI is InChI=1S/C31H32ClF3N4O/c1-30(2,3)24-13-14-38(20-24)15-16-39(29(40)37-25-9-12-28(32)27(18-25)31(33,34)35)26-10-7-22(8-11-26)23-6-4-5-21(17-23)19-36/h4-12,17-18,24H,13-16,20H2,1-3H3,(H,37,40). The highest BCUT2D eigenvalue weighted by atomic mass is 35.5. The summed E-state index contributed by atoms with van der Waals surface area (Å²) in [6.45, 7) is 9.53. The van der Waals surface area contributed by atoms with Gasteiger partial charge >= 0.3 is 12.2 Å². The molecule has 5 nitrogen and oxygen atoms in total. The molecule has 1 atom stereocenters. The number of nitrogens with one attached hydrogen (secondary N) is 1. The molecule has 0 spiro atoms. The Balaban J connectivity index is 1.57. The van der Waals surface area contributed by atoms with Crippen LogP contribution in [0.5, 0.6) is 0 Å². The summed E-state index contributed by atoms with van der Waals surface area (Å²) in [5.41, 5.74) is 2.08. The third-order valence-electron chi connectivity index (χ3n) is 7.41. The van der Waals surface area contributed by atoms with Crippen molar-refractivity contribution in [2.24, 2.45) is 11.3 Å². The van der Waals surface area contributed by atoms with Gasteiger partial charge in [-0.3, -0.25) is 4.90 Å². The second kappa shape index (κ2) is 11.9. The summed E-state index contributed by atoms with van der Waals surface area (Å²) in [7, 11) is 0. The van der Waals surface area contributed by atoms with E-state index in [1.165, 1.54) is 6.07 Å². The molecule has 1 fully saturated rings. The highest BCUT2D eigenvalue weighted by Gasteiger charge is 2.34. The molecule has 1 aliphatic heterocycles. The molecule has 3 aromatic carbocycles. The van der Waals surface area contributed by atoms with Crippen molar-refractivity contribution in [3.63, 3.8) is 0 Å². The van der Waals surface area contributed by atoms with Crippen LogP contribution in [0.1, 0.15) is 38.3 Å². The Morgan fingerprint density at radius 1 is 1.07 bits per heavy atom. The number of benzene rings is 3. The first-order chi connectivity index (χ1) is 18.8. The van der Waals surface area contributed by atoms with E-state index in [0.29, 0.717) is 30.3 Å². The molecule has 4 rings (SSSR count). The summed E-state index contributed by atoms with van der Waals surface area (Å²) in [5.74, 6) is 0.549. The second-order valence-electron chi connectivity index (χ2n) is 11.2. The molecule has 1 unspecified atom stereocenters. The molecule has 3 aromatic rings. The van der Waals surface area contributed by atoms with Crippen LogP contribution in [0.15, 0.2) is 66.7 Å². The Morgan fingerprint density at radius 2 is 1.80 bits per heavy atom. The first-order valence-electron chi connectivity index (χ1n) is 13.1. The molecular weight excluding hydrogens is 537 g/mol. The van der Waals surface area contributed by atoms with Gasteiger partial charge in [0.25, 0.3) is 0 Å². The van der Waals surface area contributed by atoms with Gasteiger partial charge in [-0.05, 0) is 77.9 Å². The number of hydrogen-bond donors (Lipinski definition) is 1. The van der Waals surface area contributed by atoms with E-state index in [-0.39, 0.29) is 11.1 Å². The van der Waals surface area contributed by atoms with E-state index in [4.69, 9.17) is 11.6 Å². The van der Waals surface area contributed by atoms with Crippen molar-refractivity contribution in [3.8, 4) is 17.2 Å². The smallest absolute Gasteiger partial charge is 0.308 e. The maximum Gasteiger partial charge on any atom is 0.417 e. The van der Waals surface area contributed by atoms with Gasteiger partial charge in [0, 0.05) is 31.0 Å². The van der Waals surface area contributed by atoms with Crippen LogP contribution in [-0.4, -0.2) is 37.1 Å². The Bertz CT molecular complexity index is 1390. The molecule has 1 saturated heterocycles. The van der Waals surface area contributed by atoms with Crippen molar-refractivity contribution in [2.75, 3.05) is 36.4 Å². The quantitative estimate of drug-likeness (QED) is 0.325. The van der Waals surface area contributed by atoms with E-state index in [9.17, 15) is 23.2 Å². The summed E-state index contributed by atoms with van der Waals surface area (Å²) >= 11 is 5.76. The zero-order valence-electron chi connectivity index (χ0n) is 22.7. The number of anilines is 2. The number of nitrogens with zero attached hydrogens (tertiary/aromatic N) is 3. The fraction of sp³-hybridized carbons (Fsp3) is 0.355. The minimum Gasteiger partial charge on any atom is -0.308 e. The number of hydrogen-bond acceptors (Lipinski definition) is 3. The first-order valence-corrected chi connectivity index (χ1v) is 13.5. The van der Waals surface area contributed by atoms with Gasteiger partial charge in [-0.2, -0.15) is 18.4 Å². The van der Waals surface area contributed by atoms with E-state index in [1.807, 2.05) is 24.3 Å². The third-order valence-corrected chi connectivity index (χ3v) is 7.74. The van der Waals surface area contributed by atoms with Gasteiger partial charge in [-0.1, -0.05) is 56.6 Å². The van der Waals surface area contributed by atoms with E-state index in [2.05, 4.69) is 37.1 Å². The van der Waals surface area contributed by atoms with Crippen LogP contribution < -0.4 is 10.2 Å². The molecule has 1 aliphatic rings. The zero-order valence-corrected chi connectivity index (χ0v) is 23.5. The molecule has 9 heteroatoms. The Morgan fingerprint density at radius 3 is 2.42 bits per heavy atom. The lowest BCUT2D eigenvalue weighted by Gasteiger charge is -2.29. The van der Waals surface area contributed by atoms with E-state index >= 15 is 0 Å². The Labute approximate surface area is 238 Å². The number of amides is 2. The predicted octanol–water partition coefficient (Wildman–Crippen LogP) is 8.30. The minimum absolute atomic E-state index is 0.00522. The lowest BCUT2D eigenvalue weighted by Crippen LogP contribution is -2.41. The Hall–Kier alpha value is -3.54. The summed E-state index contributed by atoms with van der Waals surface area (Å²) in [6.07, 6.45) is -3.56. The van der Waals surface area contributed by atoms with Crippen molar-refractivity contribution >= 4 is 29.0 Å². The van der Waals surface area contributed by atoms with E-state index in [1.54, 1.807) is 29.2 Å². The second-order valence-corrected chi connectivity index (χ2v) is 11.6. The molecule has 0 bridgehead atoms. The van der Waals surface area contributed by atoms with Crippen LogP contribution in [0.3, 0.4) is 0 Å². The molecule has 2 amide bonds. The monoisotopic (exact) mass is 568 g/mol. The maximum atomic E-state index is 13.5. The first kappa shape index (κ1) is 29.4. The number of halogens is 4. The van der Waals surface area contributed by atoms with Gasteiger partial charge in [0.15, 0.2) is 0 Å². The van der Waals surface area contributed by atoms with Crippen LogP contribution in [0.4, 0.5) is 29.3 Å². The van der Waals surface area contributed by atoms with Crippen molar-refractivity contribution in [2.45, 2.75) is 33.4 Å². The predicted molar refractivity (Wildman–Crippen MR) is 153 cm³/mol. The number of urea groups is 1. The van der Waals surface area contributed by atoms with Crippen molar-refractivity contribution in [3.05, 3.63) is 82.9 Å². The fourth-order valence-corrected chi connectivity index (χ4v) is 5.17. The molecule has 0 radical (unpaired) electrons. The summed E-state index contributed by atoms with van der Waals surface area (Å²) in [5, 5.41) is 11.4. The molecule has 0 saturated carbocycles. The highest BCUT2D eigenvalue weighted by molar-refractivity contribution is 6.31. The third kappa shape index (κ3) is 7.15. The lowest BCUT2D eigenvalue weighted by atomic mass is 9.80. The van der Waals surface area contributed by atoms with Gasteiger partial charge < -0.3 is 10.2 Å². The number of carbonyl (C=O) groups excluding carboxylic acids is 1. The minimum atomic E-state index is -4.64. The number of nitriles is 1. The van der Waals surface area contributed by atoms with Gasteiger partial charge in [-0.15, -0.1) is 0 Å². The van der Waals surface area contributed by atoms with Crippen molar-refractivity contribution in [1.29, 1.82) is 5.26 Å². The maximum absolute atomic E-state index is 13.5. The van der Waals surface area contributed by atoms with Gasteiger partial charge in [0.05, 0.1) is 22.2 Å². The largest absolute Gasteiger partial charge is 0.417 e. The topological polar surface area (TPSA) is 59.4 Å². The van der Waals surface area contributed by atoms with Crippen LogP contribution >= 0.6 is 11.6 Å². The molecule has 40 heavy (non-hydrogen) atoms. The zero-order chi connectivity index (χ0) is 29.1. The summed E-state index contributed by atoms with van der Waals surface area (Å²) in [4.78, 5) is 17.3. The van der Waals surface area contributed by atoms with Crippen molar-refractivity contribution < 1.29 is 18.0 Å².